The van der Waals surface area contributed by atoms with E-state index in [9.17, 15) is 23.1 Å². The van der Waals surface area contributed by atoms with Crippen LogP contribution in [0.15, 0.2) is 89.3 Å². The molecule has 2 aromatic carbocycles. The minimum atomic E-state index is -4.50. The number of hydrogen-bond donors (Lipinski definition) is 1. The summed E-state index contributed by atoms with van der Waals surface area (Å²) in [6.07, 6.45) is 2.40. The lowest BCUT2D eigenvalue weighted by atomic mass is 10.1. The first-order chi connectivity index (χ1) is 13.8. The maximum Gasteiger partial charge on any atom is 0.416 e. The molecule has 2 aromatic rings. The molecule has 0 fully saturated rings. The largest absolute Gasteiger partial charge is 0.512 e. The molecule has 1 amide bonds. The summed E-state index contributed by atoms with van der Waals surface area (Å²) in [7, 11) is 0. The molecule has 0 bridgehead atoms. The highest BCUT2D eigenvalue weighted by atomic mass is 19.4. The molecule has 0 saturated carbocycles. The molecule has 1 aliphatic carbocycles. The van der Waals surface area contributed by atoms with Gasteiger partial charge >= 0.3 is 6.18 Å². The summed E-state index contributed by atoms with van der Waals surface area (Å²) >= 11 is 0. The zero-order valence-electron chi connectivity index (χ0n) is 15.0. The molecule has 0 radical (unpaired) electrons. The van der Waals surface area contributed by atoms with Gasteiger partial charge in [-0.05, 0) is 42.5 Å². The van der Waals surface area contributed by atoms with Crippen LogP contribution in [0.4, 0.5) is 24.5 Å². The molecular formula is C22H15F3N2O2. The number of halogens is 3. The van der Waals surface area contributed by atoms with Crippen LogP contribution in [0.5, 0.6) is 0 Å². The summed E-state index contributed by atoms with van der Waals surface area (Å²) in [4.78, 5) is 18.8. The number of carbonyl (C=O) groups is 1. The Morgan fingerprint density at radius 1 is 1.03 bits per heavy atom. The smallest absolute Gasteiger partial charge is 0.416 e. The molecule has 2 aliphatic rings. The number of fused-ring (bicyclic) bond motifs is 1. The number of alkyl halides is 3. The molecule has 7 heteroatoms. The van der Waals surface area contributed by atoms with Gasteiger partial charge in [0.15, 0.2) is 0 Å². The predicted molar refractivity (Wildman–Crippen MR) is 104 cm³/mol. The van der Waals surface area contributed by atoms with Gasteiger partial charge in [-0.1, -0.05) is 30.3 Å². The number of nitrogens with zero attached hydrogens (tertiary/aromatic N) is 2. The Morgan fingerprint density at radius 3 is 2.62 bits per heavy atom. The first kappa shape index (κ1) is 18.7. The number of anilines is 1. The molecule has 1 heterocycles. The first-order valence-corrected chi connectivity index (χ1v) is 8.81. The first-order valence-electron chi connectivity index (χ1n) is 8.81. The second-order valence-electron chi connectivity index (χ2n) is 6.52. The number of para-hydroxylation sites is 1. The highest BCUT2D eigenvalue weighted by Gasteiger charge is 2.36. The molecule has 0 unspecified atom stereocenters. The van der Waals surface area contributed by atoms with Crippen molar-refractivity contribution in [3.05, 3.63) is 95.4 Å². The Bertz CT molecular complexity index is 1110. The average Bonchev–Trinajstić information content (AvgIpc) is 2.81. The molecule has 0 atom stereocenters. The van der Waals surface area contributed by atoms with Crippen molar-refractivity contribution >= 4 is 23.0 Å². The van der Waals surface area contributed by atoms with Crippen LogP contribution in [0, 0.1) is 0 Å². The summed E-state index contributed by atoms with van der Waals surface area (Å²) in [6.45, 7) is 0. The topological polar surface area (TPSA) is 52.9 Å². The molecule has 146 valence electrons. The van der Waals surface area contributed by atoms with E-state index in [-0.39, 0.29) is 17.2 Å². The van der Waals surface area contributed by atoms with Crippen LogP contribution in [0.25, 0.3) is 0 Å². The van der Waals surface area contributed by atoms with Gasteiger partial charge in [0.2, 0.25) is 0 Å². The van der Waals surface area contributed by atoms with E-state index in [1.54, 1.807) is 42.5 Å². The van der Waals surface area contributed by atoms with Crippen LogP contribution in [0.2, 0.25) is 0 Å². The molecule has 4 nitrogen and oxygen atoms in total. The molecular weight excluding hydrogens is 381 g/mol. The Labute approximate surface area is 164 Å². The minimum absolute atomic E-state index is 0.0442. The Kier molecular flexibility index (Phi) is 4.58. The summed E-state index contributed by atoms with van der Waals surface area (Å²) in [6, 6.07) is 11.5. The third kappa shape index (κ3) is 3.59. The van der Waals surface area contributed by atoms with Crippen molar-refractivity contribution in [2.75, 3.05) is 4.90 Å². The standard InChI is InChI=1S/C22H15F3N2O2/c23-22(24,25)14-5-3-6-15(13-14)26-20-18-9-1-2-10-19(18)27(21(20)29)16-7-4-8-17(28)12-11-16/h1-7,9-13,28H,8H2. The van der Waals surface area contributed by atoms with E-state index in [1.807, 2.05) is 0 Å². The van der Waals surface area contributed by atoms with Crippen molar-refractivity contribution < 1.29 is 23.1 Å². The van der Waals surface area contributed by atoms with Crippen molar-refractivity contribution in [1.29, 1.82) is 0 Å². The van der Waals surface area contributed by atoms with Gasteiger partial charge in [-0.15, -0.1) is 0 Å². The maximum absolute atomic E-state index is 13.2. The van der Waals surface area contributed by atoms with Crippen LogP contribution in [0.1, 0.15) is 17.5 Å². The molecule has 4 rings (SSSR count). The van der Waals surface area contributed by atoms with Crippen LogP contribution in [0.3, 0.4) is 0 Å². The fraction of sp³-hybridized carbons (Fsp3) is 0.0909. The van der Waals surface area contributed by atoms with Gasteiger partial charge in [-0.3, -0.25) is 9.69 Å². The fourth-order valence-corrected chi connectivity index (χ4v) is 3.20. The van der Waals surface area contributed by atoms with Gasteiger partial charge in [-0.25, -0.2) is 4.99 Å². The van der Waals surface area contributed by atoms with E-state index in [4.69, 9.17) is 0 Å². The van der Waals surface area contributed by atoms with Crippen LogP contribution < -0.4 is 4.90 Å². The molecule has 0 saturated heterocycles. The van der Waals surface area contributed by atoms with Crippen molar-refractivity contribution in [2.24, 2.45) is 4.99 Å². The van der Waals surface area contributed by atoms with Crippen LogP contribution in [-0.2, 0) is 11.0 Å². The van der Waals surface area contributed by atoms with Crippen molar-refractivity contribution in [3.63, 3.8) is 0 Å². The van der Waals surface area contributed by atoms with Crippen molar-refractivity contribution in [2.45, 2.75) is 12.6 Å². The summed E-state index contributed by atoms with van der Waals surface area (Å²) in [5, 5.41) is 9.70. The van der Waals surface area contributed by atoms with Gasteiger partial charge in [0, 0.05) is 17.7 Å². The van der Waals surface area contributed by atoms with E-state index in [2.05, 4.69) is 4.99 Å². The quantitative estimate of drug-likeness (QED) is 0.733. The van der Waals surface area contributed by atoms with E-state index in [0.717, 1.165) is 12.1 Å². The third-order valence-corrected chi connectivity index (χ3v) is 4.54. The van der Waals surface area contributed by atoms with Gasteiger partial charge in [-0.2, -0.15) is 13.2 Å². The van der Waals surface area contributed by atoms with E-state index >= 15 is 0 Å². The number of carbonyl (C=O) groups excluding carboxylic acids is 1. The number of allylic oxidation sites excluding steroid dienone is 4. The van der Waals surface area contributed by atoms with E-state index in [0.29, 0.717) is 23.4 Å². The predicted octanol–water partition coefficient (Wildman–Crippen LogP) is 5.46. The molecule has 0 aromatic heterocycles. The maximum atomic E-state index is 13.2. The normalized spacial score (nSPS) is 17.8. The number of aliphatic hydroxyl groups is 1. The lowest BCUT2D eigenvalue weighted by Gasteiger charge is -2.17. The fourth-order valence-electron chi connectivity index (χ4n) is 3.20. The Morgan fingerprint density at radius 2 is 1.83 bits per heavy atom. The highest BCUT2D eigenvalue weighted by Crippen LogP contribution is 2.36. The lowest BCUT2D eigenvalue weighted by Crippen LogP contribution is -2.28. The number of aliphatic imine (C=N–C) groups is 1. The molecule has 1 aliphatic heterocycles. The van der Waals surface area contributed by atoms with Gasteiger partial charge < -0.3 is 5.11 Å². The van der Waals surface area contributed by atoms with Crippen molar-refractivity contribution in [3.8, 4) is 0 Å². The summed E-state index contributed by atoms with van der Waals surface area (Å²) in [5.74, 6) is -0.289. The average molecular weight is 396 g/mol. The Balaban J connectivity index is 1.81. The van der Waals surface area contributed by atoms with Crippen LogP contribution in [-0.4, -0.2) is 16.7 Å². The monoisotopic (exact) mass is 396 g/mol. The van der Waals surface area contributed by atoms with Crippen molar-refractivity contribution in [1.82, 2.24) is 0 Å². The zero-order chi connectivity index (χ0) is 20.6. The summed E-state index contributed by atoms with van der Waals surface area (Å²) in [5.41, 5.74) is 0.913. The molecule has 29 heavy (non-hydrogen) atoms. The third-order valence-electron chi connectivity index (χ3n) is 4.54. The second-order valence-corrected chi connectivity index (χ2v) is 6.52. The van der Waals surface area contributed by atoms with Gasteiger partial charge in [0.05, 0.1) is 22.7 Å². The second kappa shape index (κ2) is 7.09. The number of amides is 1. The van der Waals surface area contributed by atoms with Crippen LogP contribution >= 0.6 is 0 Å². The number of benzene rings is 2. The number of rotatable bonds is 2. The summed E-state index contributed by atoms with van der Waals surface area (Å²) < 4.78 is 39.0. The number of hydrogen-bond acceptors (Lipinski definition) is 3. The molecule has 0 spiro atoms. The SMILES string of the molecule is O=C1C(=Nc2cccc(C(F)(F)F)c2)c2ccccc2N1C1=CC=C(O)CC=C1. The van der Waals surface area contributed by atoms with E-state index < -0.39 is 17.6 Å². The highest BCUT2D eigenvalue weighted by molar-refractivity contribution is 6.55. The van der Waals surface area contributed by atoms with Gasteiger partial charge in [0.25, 0.3) is 5.91 Å². The molecule has 1 N–H and O–H groups in total. The zero-order valence-corrected chi connectivity index (χ0v) is 15.0. The van der Waals surface area contributed by atoms with Gasteiger partial charge in [0.1, 0.15) is 5.71 Å². The Hall–Kier alpha value is -3.61. The van der Waals surface area contributed by atoms with E-state index in [1.165, 1.54) is 23.1 Å². The minimum Gasteiger partial charge on any atom is -0.512 e. The number of aliphatic hydroxyl groups excluding tert-OH is 1. The lowest BCUT2D eigenvalue weighted by molar-refractivity contribution is -0.137.